The van der Waals surface area contributed by atoms with E-state index in [0.717, 1.165) is 29.8 Å². The molecule has 3 aromatic rings. The SMILES string of the molecule is Cc1ccc(N2CC(O)=C(c3nc4ccc(N5CCCCC5)cc4[nH]3)C2=N)cc1C. The lowest BCUT2D eigenvalue weighted by Crippen LogP contribution is -2.29. The fourth-order valence-electron chi connectivity index (χ4n) is 4.41. The quantitative estimate of drug-likeness (QED) is 0.581. The van der Waals surface area contributed by atoms with Gasteiger partial charge in [-0.15, -0.1) is 0 Å². The molecule has 1 saturated heterocycles. The van der Waals surface area contributed by atoms with E-state index >= 15 is 0 Å². The second-order valence-corrected chi connectivity index (χ2v) is 8.36. The van der Waals surface area contributed by atoms with Crippen LogP contribution in [0.15, 0.2) is 42.2 Å². The van der Waals surface area contributed by atoms with Crippen molar-refractivity contribution >= 4 is 33.8 Å². The van der Waals surface area contributed by atoms with Gasteiger partial charge in [-0.3, -0.25) is 5.41 Å². The molecule has 3 heterocycles. The van der Waals surface area contributed by atoms with Crippen LogP contribution >= 0.6 is 0 Å². The van der Waals surface area contributed by atoms with E-state index in [1.807, 2.05) is 17.0 Å². The maximum Gasteiger partial charge on any atom is 0.145 e. The van der Waals surface area contributed by atoms with Gasteiger partial charge in [-0.25, -0.2) is 4.98 Å². The molecule has 2 aliphatic rings. The van der Waals surface area contributed by atoms with E-state index in [1.54, 1.807) is 0 Å². The van der Waals surface area contributed by atoms with Crippen molar-refractivity contribution in [1.82, 2.24) is 9.97 Å². The van der Waals surface area contributed by atoms with Crippen LogP contribution in [0.4, 0.5) is 11.4 Å². The number of hydrogen-bond acceptors (Lipinski definition) is 4. The molecule has 154 valence electrons. The molecule has 1 aromatic heterocycles. The number of piperidine rings is 1. The van der Waals surface area contributed by atoms with Gasteiger partial charge in [-0.1, -0.05) is 6.07 Å². The van der Waals surface area contributed by atoms with Crippen LogP contribution in [0.1, 0.15) is 36.2 Å². The van der Waals surface area contributed by atoms with E-state index in [9.17, 15) is 5.11 Å². The fraction of sp³-hybridized carbons (Fsp3) is 0.333. The fourth-order valence-corrected chi connectivity index (χ4v) is 4.41. The third-order valence-electron chi connectivity index (χ3n) is 6.33. The summed E-state index contributed by atoms with van der Waals surface area (Å²) in [6.07, 6.45) is 3.77. The Kier molecular flexibility index (Phi) is 4.50. The standard InChI is InChI=1S/C24H27N5O/c1-15-6-7-18(12-16(15)2)29-14-21(30)22(23(29)25)24-26-19-9-8-17(13-20(19)27-24)28-10-4-3-5-11-28/h6-9,12-13,25,30H,3-5,10-11,14H2,1-2H3,(H,26,27). The van der Waals surface area contributed by atoms with Crippen LogP contribution in [0, 0.1) is 19.3 Å². The first kappa shape index (κ1) is 18.7. The van der Waals surface area contributed by atoms with Crippen molar-refractivity contribution < 1.29 is 5.11 Å². The molecule has 6 heteroatoms. The molecule has 0 bridgehead atoms. The topological polar surface area (TPSA) is 79.2 Å². The van der Waals surface area contributed by atoms with Gasteiger partial charge < -0.3 is 19.9 Å². The highest BCUT2D eigenvalue weighted by Crippen LogP contribution is 2.32. The molecular formula is C24H27N5O. The third-order valence-corrected chi connectivity index (χ3v) is 6.33. The maximum atomic E-state index is 10.7. The number of H-pyrrole nitrogens is 1. The van der Waals surface area contributed by atoms with Crippen molar-refractivity contribution in [1.29, 1.82) is 5.41 Å². The summed E-state index contributed by atoms with van der Waals surface area (Å²) >= 11 is 0. The first-order valence-electron chi connectivity index (χ1n) is 10.6. The Bertz CT molecular complexity index is 1170. The van der Waals surface area contributed by atoms with Gasteiger partial charge in [-0.05, 0) is 74.6 Å². The van der Waals surface area contributed by atoms with Gasteiger partial charge >= 0.3 is 0 Å². The number of aromatic amines is 1. The maximum absolute atomic E-state index is 10.7. The average molecular weight is 402 g/mol. The highest BCUT2D eigenvalue weighted by atomic mass is 16.3. The third kappa shape index (κ3) is 3.12. The van der Waals surface area contributed by atoms with E-state index in [4.69, 9.17) is 5.41 Å². The van der Waals surface area contributed by atoms with Crippen LogP contribution in [0.3, 0.4) is 0 Å². The lowest BCUT2D eigenvalue weighted by Gasteiger charge is -2.28. The minimum absolute atomic E-state index is 0.175. The minimum Gasteiger partial charge on any atom is -0.509 e. The highest BCUT2D eigenvalue weighted by molar-refractivity contribution is 6.30. The number of aryl methyl sites for hydroxylation is 2. The summed E-state index contributed by atoms with van der Waals surface area (Å²) < 4.78 is 0. The monoisotopic (exact) mass is 401 g/mol. The number of hydrogen-bond donors (Lipinski definition) is 3. The highest BCUT2D eigenvalue weighted by Gasteiger charge is 2.31. The molecule has 0 aliphatic carbocycles. The Labute approximate surface area is 176 Å². The van der Waals surface area contributed by atoms with E-state index in [2.05, 4.69) is 53.0 Å². The number of fused-ring (bicyclic) bond motifs is 1. The number of rotatable bonds is 3. The summed E-state index contributed by atoms with van der Waals surface area (Å²) in [5, 5.41) is 19.4. The molecule has 0 amide bonds. The molecule has 0 radical (unpaired) electrons. The Balaban J connectivity index is 1.46. The van der Waals surface area contributed by atoms with Gasteiger partial charge in [0, 0.05) is 24.5 Å². The molecule has 3 N–H and O–H groups in total. The molecule has 2 aliphatic heterocycles. The van der Waals surface area contributed by atoms with Crippen molar-refractivity contribution in [3.05, 3.63) is 59.1 Å². The molecule has 0 saturated carbocycles. The minimum atomic E-state index is 0.175. The molecule has 0 spiro atoms. The Morgan fingerprint density at radius 2 is 1.73 bits per heavy atom. The van der Waals surface area contributed by atoms with Crippen molar-refractivity contribution in [2.75, 3.05) is 29.4 Å². The van der Waals surface area contributed by atoms with Gasteiger partial charge in [0.2, 0.25) is 0 Å². The van der Waals surface area contributed by atoms with Gasteiger partial charge in [0.05, 0.1) is 23.2 Å². The van der Waals surface area contributed by atoms with Crippen LogP contribution < -0.4 is 9.80 Å². The normalized spacial score (nSPS) is 17.5. The van der Waals surface area contributed by atoms with Crippen LogP contribution in [-0.4, -0.2) is 40.5 Å². The molecule has 0 atom stereocenters. The van der Waals surface area contributed by atoms with Gasteiger partial charge in [0.25, 0.3) is 0 Å². The van der Waals surface area contributed by atoms with Gasteiger partial charge in [0.1, 0.15) is 17.4 Å². The average Bonchev–Trinajstić information content (AvgIpc) is 3.29. The second kappa shape index (κ2) is 7.20. The number of aromatic nitrogens is 2. The molecule has 0 unspecified atom stereocenters. The van der Waals surface area contributed by atoms with Crippen molar-refractivity contribution in [3.8, 4) is 0 Å². The summed E-state index contributed by atoms with van der Waals surface area (Å²) in [7, 11) is 0. The van der Waals surface area contributed by atoms with Gasteiger partial charge in [0.15, 0.2) is 0 Å². The Morgan fingerprint density at radius 3 is 2.50 bits per heavy atom. The molecular weight excluding hydrogens is 374 g/mol. The summed E-state index contributed by atoms with van der Waals surface area (Å²) in [5.74, 6) is 0.995. The molecule has 6 nitrogen and oxygen atoms in total. The zero-order valence-electron chi connectivity index (χ0n) is 17.5. The number of nitrogens with one attached hydrogen (secondary N) is 2. The number of aliphatic hydroxyl groups excluding tert-OH is 1. The molecule has 30 heavy (non-hydrogen) atoms. The number of imidazole rings is 1. The number of amidine groups is 1. The first-order chi connectivity index (χ1) is 14.5. The smallest absolute Gasteiger partial charge is 0.145 e. The largest absolute Gasteiger partial charge is 0.509 e. The lowest BCUT2D eigenvalue weighted by molar-refractivity contribution is 0.411. The Morgan fingerprint density at radius 1 is 0.967 bits per heavy atom. The second-order valence-electron chi connectivity index (χ2n) is 8.36. The van der Waals surface area contributed by atoms with E-state index in [-0.39, 0.29) is 18.1 Å². The van der Waals surface area contributed by atoms with Crippen LogP contribution in [0.2, 0.25) is 0 Å². The van der Waals surface area contributed by atoms with Gasteiger partial charge in [-0.2, -0.15) is 0 Å². The van der Waals surface area contributed by atoms with E-state index in [0.29, 0.717) is 11.4 Å². The van der Waals surface area contributed by atoms with Crippen molar-refractivity contribution in [2.24, 2.45) is 0 Å². The zero-order valence-corrected chi connectivity index (χ0v) is 17.5. The van der Waals surface area contributed by atoms with Crippen molar-refractivity contribution in [3.63, 3.8) is 0 Å². The summed E-state index contributed by atoms with van der Waals surface area (Å²) in [4.78, 5) is 12.3. The number of benzene rings is 2. The summed E-state index contributed by atoms with van der Waals surface area (Å²) in [6.45, 7) is 6.60. The molecule has 1 fully saturated rings. The summed E-state index contributed by atoms with van der Waals surface area (Å²) in [5.41, 5.74) is 6.76. The number of nitrogens with zero attached hydrogens (tertiary/aromatic N) is 3. The van der Waals surface area contributed by atoms with Crippen LogP contribution in [0.25, 0.3) is 16.6 Å². The Hall–Kier alpha value is -3.28. The van der Waals surface area contributed by atoms with Crippen LogP contribution in [-0.2, 0) is 0 Å². The molecule has 5 rings (SSSR count). The molecule has 2 aromatic carbocycles. The van der Waals surface area contributed by atoms with E-state index in [1.165, 1.54) is 36.1 Å². The summed E-state index contributed by atoms with van der Waals surface area (Å²) in [6, 6.07) is 12.4. The predicted molar refractivity (Wildman–Crippen MR) is 123 cm³/mol. The predicted octanol–water partition coefficient (Wildman–Crippen LogP) is 4.94. The number of anilines is 2. The van der Waals surface area contributed by atoms with Crippen molar-refractivity contribution in [2.45, 2.75) is 33.1 Å². The first-order valence-corrected chi connectivity index (χ1v) is 10.6. The van der Waals surface area contributed by atoms with E-state index < -0.39 is 0 Å². The van der Waals surface area contributed by atoms with Crippen LogP contribution in [0.5, 0.6) is 0 Å². The zero-order chi connectivity index (χ0) is 20.8. The lowest BCUT2D eigenvalue weighted by atomic mass is 10.1. The number of aliphatic hydroxyl groups is 1.